The molecule has 1 aromatic carbocycles. The quantitative estimate of drug-likeness (QED) is 0.701. The van der Waals surface area contributed by atoms with Crippen molar-refractivity contribution in [2.45, 2.75) is 6.92 Å². The van der Waals surface area contributed by atoms with Crippen LogP contribution in [-0.2, 0) is 0 Å². The minimum Gasteiger partial charge on any atom is -0.508 e. The summed E-state index contributed by atoms with van der Waals surface area (Å²) in [6.45, 7) is 1.66. The molecule has 0 unspecified atom stereocenters. The first-order valence-electron chi connectivity index (χ1n) is 6.17. The summed E-state index contributed by atoms with van der Waals surface area (Å²) < 4.78 is 5.55. The van der Waals surface area contributed by atoms with Crippen molar-refractivity contribution in [3.63, 3.8) is 0 Å². The number of aryl methyl sites for hydroxylation is 1. The predicted molar refractivity (Wildman–Crippen MR) is 77.8 cm³/mol. The van der Waals surface area contributed by atoms with Gasteiger partial charge in [-0.05, 0) is 49.4 Å². The first-order valence-corrected chi connectivity index (χ1v) is 6.17. The Bertz CT molecular complexity index is 776. The van der Waals surface area contributed by atoms with Crippen LogP contribution >= 0.6 is 0 Å². The van der Waals surface area contributed by atoms with Gasteiger partial charge in [-0.3, -0.25) is 4.79 Å². The van der Waals surface area contributed by atoms with E-state index in [9.17, 15) is 20.1 Å². The molecule has 5 nitrogen and oxygen atoms in total. The second-order valence-corrected chi connectivity index (χ2v) is 4.42. The van der Waals surface area contributed by atoms with Gasteiger partial charge in [0.25, 0.3) is 0 Å². The number of hydrogen-bond acceptors (Lipinski definition) is 5. The molecule has 0 amide bonds. The van der Waals surface area contributed by atoms with Gasteiger partial charge in [-0.15, -0.1) is 0 Å². The molecule has 0 saturated heterocycles. The summed E-state index contributed by atoms with van der Waals surface area (Å²) in [4.78, 5) is 11.8. The third-order valence-electron chi connectivity index (χ3n) is 2.71. The van der Waals surface area contributed by atoms with Crippen LogP contribution < -0.4 is 5.43 Å². The van der Waals surface area contributed by atoms with E-state index in [1.54, 1.807) is 13.0 Å². The van der Waals surface area contributed by atoms with Gasteiger partial charge in [0.05, 0.1) is 0 Å². The highest BCUT2D eigenvalue weighted by atomic mass is 16.3. The summed E-state index contributed by atoms with van der Waals surface area (Å²) in [5.74, 6) is 0.0409. The van der Waals surface area contributed by atoms with Gasteiger partial charge < -0.3 is 19.7 Å². The SMILES string of the molecule is Cc1ccc(O)ccc(=O)cc(-c2ccc(O)c(O)c2)o1. The number of phenols is 2. The van der Waals surface area contributed by atoms with Gasteiger partial charge in [-0.2, -0.15) is 0 Å². The van der Waals surface area contributed by atoms with Gasteiger partial charge in [-0.1, -0.05) is 0 Å². The lowest BCUT2D eigenvalue weighted by Gasteiger charge is -2.02. The number of rotatable bonds is 1. The summed E-state index contributed by atoms with van der Waals surface area (Å²) in [5.41, 5.74) is 0.0563. The van der Waals surface area contributed by atoms with Gasteiger partial charge in [-0.25, -0.2) is 0 Å². The van der Waals surface area contributed by atoms with Crippen LogP contribution in [-0.4, -0.2) is 15.3 Å². The Morgan fingerprint density at radius 3 is 2.29 bits per heavy atom. The molecule has 0 saturated carbocycles. The van der Waals surface area contributed by atoms with E-state index in [2.05, 4.69) is 0 Å². The molecule has 2 aromatic rings. The fraction of sp³-hybridized carbons (Fsp3) is 0.0625. The highest BCUT2D eigenvalue weighted by molar-refractivity contribution is 5.61. The number of hydrogen-bond donors (Lipinski definition) is 3. The maximum Gasteiger partial charge on any atom is 0.182 e. The average molecular weight is 286 g/mol. The van der Waals surface area contributed by atoms with Crippen molar-refractivity contribution in [1.29, 1.82) is 0 Å². The molecule has 0 aliphatic heterocycles. The first-order chi connectivity index (χ1) is 9.95. The Labute approximate surface area is 120 Å². The van der Waals surface area contributed by atoms with E-state index < -0.39 is 0 Å². The molecular weight excluding hydrogens is 272 g/mol. The van der Waals surface area contributed by atoms with E-state index in [0.29, 0.717) is 11.3 Å². The first kappa shape index (κ1) is 14.5. The molecule has 1 heterocycles. The van der Waals surface area contributed by atoms with Crippen LogP contribution in [0.25, 0.3) is 11.3 Å². The Morgan fingerprint density at radius 1 is 0.857 bits per heavy atom. The van der Waals surface area contributed by atoms with E-state index in [1.165, 1.54) is 42.5 Å². The van der Waals surface area contributed by atoms with Crippen LogP contribution in [0.3, 0.4) is 0 Å². The molecule has 21 heavy (non-hydrogen) atoms. The minimum absolute atomic E-state index is 0.0644. The van der Waals surface area contributed by atoms with Gasteiger partial charge in [0.15, 0.2) is 16.9 Å². The van der Waals surface area contributed by atoms with E-state index in [1.807, 2.05) is 0 Å². The fourth-order valence-corrected chi connectivity index (χ4v) is 1.66. The van der Waals surface area contributed by atoms with Crippen molar-refractivity contribution >= 4 is 0 Å². The second-order valence-electron chi connectivity index (χ2n) is 4.42. The van der Waals surface area contributed by atoms with Crippen molar-refractivity contribution in [3.05, 3.63) is 64.5 Å². The van der Waals surface area contributed by atoms with Crippen molar-refractivity contribution in [1.82, 2.24) is 0 Å². The molecule has 0 spiro atoms. The summed E-state index contributed by atoms with van der Waals surface area (Å²) in [6.07, 6.45) is 0. The molecule has 108 valence electrons. The number of benzene rings is 1. The molecule has 0 fully saturated rings. The maximum atomic E-state index is 11.8. The zero-order valence-electron chi connectivity index (χ0n) is 11.3. The molecule has 1 aromatic heterocycles. The monoisotopic (exact) mass is 286 g/mol. The van der Waals surface area contributed by atoms with Crippen LogP contribution in [0.1, 0.15) is 5.76 Å². The predicted octanol–water partition coefficient (Wildman–Crippen LogP) is 2.86. The van der Waals surface area contributed by atoms with Gasteiger partial charge in [0.1, 0.15) is 17.3 Å². The summed E-state index contributed by atoms with van der Waals surface area (Å²) >= 11 is 0. The summed E-state index contributed by atoms with van der Waals surface area (Å²) in [5, 5.41) is 28.3. The topological polar surface area (TPSA) is 90.9 Å². The molecule has 0 radical (unpaired) electrons. The lowest BCUT2D eigenvalue weighted by molar-refractivity contribution is 0.403. The molecule has 3 N–H and O–H groups in total. The van der Waals surface area contributed by atoms with Gasteiger partial charge >= 0.3 is 0 Å². The van der Waals surface area contributed by atoms with Crippen molar-refractivity contribution in [3.8, 4) is 28.6 Å². The molecule has 5 heteroatoms. The fourth-order valence-electron chi connectivity index (χ4n) is 1.66. The Morgan fingerprint density at radius 2 is 1.57 bits per heavy atom. The van der Waals surface area contributed by atoms with Crippen molar-refractivity contribution in [2.75, 3.05) is 0 Å². The van der Waals surface area contributed by atoms with Crippen molar-refractivity contribution in [2.24, 2.45) is 0 Å². The highest BCUT2D eigenvalue weighted by Crippen LogP contribution is 2.29. The molecule has 0 bridgehead atoms. The third-order valence-corrected chi connectivity index (χ3v) is 2.71. The number of aromatic hydroxyl groups is 3. The molecular formula is C16H14O5. The van der Waals surface area contributed by atoms with Gasteiger partial charge in [0.2, 0.25) is 0 Å². The largest absolute Gasteiger partial charge is 0.508 e. The Hall–Kier alpha value is -2.95. The second kappa shape index (κ2) is 6.00. The molecule has 0 aliphatic rings. The minimum atomic E-state index is -0.382. The summed E-state index contributed by atoms with van der Waals surface area (Å²) in [7, 11) is 0. The lowest BCUT2D eigenvalue weighted by Crippen LogP contribution is -1.93. The average Bonchev–Trinajstić information content (AvgIpc) is 2.44. The van der Waals surface area contributed by atoms with Crippen LogP contribution in [0.15, 0.2) is 57.7 Å². The standard InChI is InChI=1S/C16H14O5/c1-10-2-4-12(17)5-6-13(18)9-16(21-10)11-3-7-14(19)15(20)8-11/h2-9,17,19-20H,1H3. The van der Waals surface area contributed by atoms with Crippen LogP contribution in [0, 0.1) is 6.92 Å². The van der Waals surface area contributed by atoms with E-state index >= 15 is 0 Å². The van der Waals surface area contributed by atoms with Crippen LogP contribution in [0.2, 0.25) is 0 Å². The molecule has 0 aliphatic carbocycles. The third kappa shape index (κ3) is 3.76. The molecule has 2 rings (SSSR count). The Kier molecular flexibility index (Phi) is 4.13. The Balaban J connectivity index is 2.72. The summed E-state index contributed by atoms with van der Waals surface area (Å²) in [6, 6.07) is 10.8. The molecule has 0 atom stereocenters. The smallest absolute Gasteiger partial charge is 0.182 e. The van der Waals surface area contributed by atoms with Crippen molar-refractivity contribution < 1.29 is 19.7 Å². The number of phenolic OH excluding ortho intramolecular Hbond substituents is 2. The normalized spacial score (nSPS) is 9.95. The zero-order valence-corrected chi connectivity index (χ0v) is 11.3. The maximum absolute atomic E-state index is 11.8. The van der Waals surface area contributed by atoms with Crippen LogP contribution in [0.5, 0.6) is 17.2 Å². The van der Waals surface area contributed by atoms with E-state index in [-0.39, 0.29) is 28.4 Å². The lowest BCUT2D eigenvalue weighted by atomic mass is 10.1. The van der Waals surface area contributed by atoms with Gasteiger partial charge in [0, 0.05) is 11.6 Å². The van der Waals surface area contributed by atoms with E-state index in [4.69, 9.17) is 4.42 Å². The zero-order chi connectivity index (χ0) is 15.4. The highest BCUT2D eigenvalue weighted by Gasteiger charge is 2.05. The van der Waals surface area contributed by atoms with Crippen LogP contribution in [0.4, 0.5) is 0 Å². The van der Waals surface area contributed by atoms with E-state index in [0.717, 1.165) is 0 Å².